The number of nitrogens with one attached hydrogen (secondary N) is 1. The van der Waals surface area contributed by atoms with Crippen LogP contribution in [0, 0.1) is 11.6 Å². The molecule has 2 rings (SSSR count). The quantitative estimate of drug-likeness (QED) is 0.797. The van der Waals surface area contributed by atoms with Crippen LogP contribution in [0.4, 0.5) is 25.8 Å². The lowest BCUT2D eigenvalue weighted by Crippen LogP contribution is -1.97. The second-order valence-electron chi connectivity index (χ2n) is 3.47. The van der Waals surface area contributed by atoms with E-state index in [0.29, 0.717) is 16.4 Å². The molecule has 2 aromatic rings. The molecular formula is C12H9ClF2N2. The number of nitrogens with two attached hydrogens (primary N) is 1. The highest BCUT2D eigenvalue weighted by Gasteiger charge is 2.09. The smallest absolute Gasteiger partial charge is 0.182 e. The molecule has 17 heavy (non-hydrogen) atoms. The number of hydrogen-bond donors (Lipinski definition) is 2. The number of halogens is 3. The fourth-order valence-electron chi connectivity index (χ4n) is 1.38. The largest absolute Gasteiger partial charge is 0.399 e. The summed E-state index contributed by atoms with van der Waals surface area (Å²) < 4.78 is 26.4. The van der Waals surface area contributed by atoms with Gasteiger partial charge in [0.1, 0.15) is 0 Å². The van der Waals surface area contributed by atoms with Crippen molar-refractivity contribution in [1.82, 2.24) is 0 Å². The lowest BCUT2D eigenvalue weighted by atomic mass is 10.2. The second kappa shape index (κ2) is 4.59. The lowest BCUT2D eigenvalue weighted by molar-refractivity contribution is 0.512. The van der Waals surface area contributed by atoms with Gasteiger partial charge in [-0.2, -0.15) is 0 Å². The molecule has 5 heteroatoms. The monoisotopic (exact) mass is 254 g/mol. The fourth-order valence-corrected chi connectivity index (χ4v) is 1.61. The first-order valence-electron chi connectivity index (χ1n) is 4.84. The summed E-state index contributed by atoms with van der Waals surface area (Å²) in [4.78, 5) is 0. The summed E-state index contributed by atoms with van der Waals surface area (Å²) in [6.45, 7) is 0. The first-order chi connectivity index (χ1) is 8.08. The predicted octanol–water partition coefficient (Wildman–Crippen LogP) is 3.94. The Labute approximate surface area is 102 Å². The minimum atomic E-state index is -0.944. The zero-order valence-corrected chi connectivity index (χ0v) is 9.43. The van der Waals surface area contributed by atoms with E-state index >= 15 is 0 Å². The van der Waals surface area contributed by atoms with Gasteiger partial charge in [-0.05, 0) is 30.3 Å². The van der Waals surface area contributed by atoms with Gasteiger partial charge in [0.15, 0.2) is 11.6 Å². The molecule has 3 N–H and O–H groups in total. The summed E-state index contributed by atoms with van der Waals surface area (Å²) in [7, 11) is 0. The average Bonchev–Trinajstić information content (AvgIpc) is 2.28. The Morgan fingerprint density at radius 2 is 1.82 bits per heavy atom. The number of nitrogen functional groups attached to an aromatic ring is 1. The molecule has 0 aliphatic carbocycles. The van der Waals surface area contributed by atoms with Gasteiger partial charge in [-0.1, -0.05) is 17.7 Å². The second-order valence-corrected chi connectivity index (χ2v) is 3.87. The van der Waals surface area contributed by atoms with Gasteiger partial charge < -0.3 is 11.1 Å². The Balaban J connectivity index is 2.35. The molecule has 0 atom stereocenters. The Hall–Kier alpha value is -1.81. The molecule has 0 radical (unpaired) electrons. The molecule has 0 aromatic heterocycles. The molecule has 0 amide bonds. The highest BCUT2D eigenvalue weighted by atomic mass is 35.5. The maximum absolute atomic E-state index is 13.4. The van der Waals surface area contributed by atoms with Crippen LogP contribution in [0.5, 0.6) is 0 Å². The van der Waals surface area contributed by atoms with Crippen molar-refractivity contribution < 1.29 is 8.78 Å². The summed E-state index contributed by atoms with van der Waals surface area (Å²) in [6.07, 6.45) is 0. The van der Waals surface area contributed by atoms with Crippen molar-refractivity contribution in [2.45, 2.75) is 0 Å². The van der Waals surface area contributed by atoms with E-state index in [1.165, 1.54) is 18.2 Å². The standard InChI is InChI=1S/C12H9ClF2N2/c13-8-6-7(16)4-5-10(8)17-11-3-1-2-9(14)12(11)15/h1-6,17H,16H2. The van der Waals surface area contributed by atoms with Crippen LogP contribution in [0.3, 0.4) is 0 Å². The minimum Gasteiger partial charge on any atom is -0.399 e. The zero-order chi connectivity index (χ0) is 12.4. The highest BCUT2D eigenvalue weighted by Crippen LogP contribution is 2.28. The van der Waals surface area contributed by atoms with Gasteiger partial charge in [0.25, 0.3) is 0 Å². The van der Waals surface area contributed by atoms with Crippen LogP contribution in [0.2, 0.25) is 5.02 Å². The fraction of sp³-hybridized carbons (Fsp3) is 0. The molecule has 0 heterocycles. The maximum atomic E-state index is 13.4. The van der Waals surface area contributed by atoms with Gasteiger partial charge in [0, 0.05) is 5.69 Å². The molecule has 0 fully saturated rings. The molecule has 0 aliphatic heterocycles. The van der Waals surface area contributed by atoms with Crippen LogP contribution in [0.1, 0.15) is 0 Å². The molecule has 2 nitrogen and oxygen atoms in total. The molecule has 0 saturated heterocycles. The van der Waals surface area contributed by atoms with Crippen LogP contribution < -0.4 is 11.1 Å². The lowest BCUT2D eigenvalue weighted by Gasteiger charge is -2.10. The van der Waals surface area contributed by atoms with Gasteiger partial charge in [0.2, 0.25) is 0 Å². The highest BCUT2D eigenvalue weighted by molar-refractivity contribution is 6.33. The van der Waals surface area contributed by atoms with Crippen molar-refractivity contribution in [3.05, 3.63) is 53.1 Å². The van der Waals surface area contributed by atoms with Crippen molar-refractivity contribution in [3.63, 3.8) is 0 Å². The summed E-state index contributed by atoms with van der Waals surface area (Å²) in [6, 6.07) is 8.62. The molecule has 2 aromatic carbocycles. The molecule has 88 valence electrons. The van der Waals surface area contributed by atoms with Crippen LogP contribution in [-0.2, 0) is 0 Å². The van der Waals surface area contributed by atoms with Gasteiger partial charge in [-0.3, -0.25) is 0 Å². The molecule has 0 bridgehead atoms. The van der Waals surface area contributed by atoms with Crippen molar-refractivity contribution in [3.8, 4) is 0 Å². The van der Waals surface area contributed by atoms with Crippen molar-refractivity contribution in [2.75, 3.05) is 11.1 Å². The normalized spacial score (nSPS) is 10.3. The van der Waals surface area contributed by atoms with Crippen molar-refractivity contribution >= 4 is 28.7 Å². The van der Waals surface area contributed by atoms with E-state index in [1.54, 1.807) is 12.1 Å². The minimum absolute atomic E-state index is 0.0247. The van der Waals surface area contributed by atoms with Gasteiger partial charge in [-0.25, -0.2) is 8.78 Å². The van der Waals surface area contributed by atoms with Gasteiger partial charge in [-0.15, -0.1) is 0 Å². The SMILES string of the molecule is Nc1ccc(Nc2cccc(F)c2F)c(Cl)c1. The van der Waals surface area contributed by atoms with E-state index < -0.39 is 11.6 Å². The van der Waals surface area contributed by atoms with E-state index in [0.717, 1.165) is 6.07 Å². The summed E-state index contributed by atoms with van der Waals surface area (Å²) in [5.41, 5.74) is 6.52. The van der Waals surface area contributed by atoms with Crippen molar-refractivity contribution in [2.24, 2.45) is 0 Å². The Morgan fingerprint density at radius 3 is 2.53 bits per heavy atom. The zero-order valence-electron chi connectivity index (χ0n) is 8.68. The third-order valence-electron chi connectivity index (χ3n) is 2.21. The summed E-state index contributed by atoms with van der Waals surface area (Å²) in [5, 5.41) is 3.05. The molecule has 0 aliphatic rings. The van der Waals surface area contributed by atoms with Crippen molar-refractivity contribution in [1.29, 1.82) is 0 Å². The Morgan fingerprint density at radius 1 is 1.06 bits per heavy atom. The third kappa shape index (κ3) is 2.47. The van der Waals surface area contributed by atoms with Crippen LogP contribution in [0.25, 0.3) is 0 Å². The summed E-state index contributed by atoms with van der Waals surface area (Å²) >= 11 is 5.91. The summed E-state index contributed by atoms with van der Waals surface area (Å²) in [5.74, 6) is -1.86. The van der Waals surface area contributed by atoms with Crippen LogP contribution in [-0.4, -0.2) is 0 Å². The Bertz CT molecular complexity index is 558. The number of benzene rings is 2. The van der Waals surface area contributed by atoms with Crippen LogP contribution >= 0.6 is 11.6 Å². The first-order valence-corrected chi connectivity index (χ1v) is 5.22. The van der Waals surface area contributed by atoms with Crippen LogP contribution in [0.15, 0.2) is 36.4 Å². The molecular weight excluding hydrogens is 246 g/mol. The topological polar surface area (TPSA) is 38.0 Å². The van der Waals surface area contributed by atoms with Gasteiger partial charge >= 0.3 is 0 Å². The molecule has 0 saturated carbocycles. The van der Waals surface area contributed by atoms with Gasteiger partial charge in [0.05, 0.1) is 16.4 Å². The van der Waals surface area contributed by atoms with E-state index in [-0.39, 0.29) is 5.69 Å². The average molecular weight is 255 g/mol. The predicted molar refractivity (Wildman–Crippen MR) is 65.5 cm³/mol. The first kappa shape index (κ1) is 11.7. The molecule has 0 unspecified atom stereocenters. The number of rotatable bonds is 2. The molecule has 0 spiro atoms. The number of anilines is 3. The third-order valence-corrected chi connectivity index (χ3v) is 2.53. The van der Waals surface area contributed by atoms with E-state index in [1.807, 2.05) is 0 Å². The number of hydrogen-bond acceptors (Lipinski definition) is 2. The van der Waals surface area contributed by atoms with E-state index in [4.69, 9.17) is 17.3 Å². The Kier molecular flexibility index (Phi) is 3.15. The maximum Gasteiger partial charge on any atom is 0.182 e. The van der Waals surface area contributed by atoms with E-state index in [9.17, 15) is 8.78 Å². The van der Waals surface area contributed by atoms with E-state index in [2.05, 4.69) is 5.32 Å².